The van der Waals surface area contributed by atoms with Crippen molar-refractivity contribution in [1.29, 1.82) is 0 Å². The van der Waals surface area contributed by atoms with Crippen molar-refractivity contribution in [3.05, 3.63) is 74.7 Å². The fourth-order valence-electron chi connectivity index (χ4n) is 5.85. The first kappa shape index (κ1) is 33.5. The minimum atomic E-state index is -4.91. The number of alkyl halides is 3. The molecule has 0 radical (unpaired) electrons. The number of carbonyl (C=O) groups excluding carboxylic acids is 2. The first-order chi connectivity index (χ1) is 23.3. The molecule has 258 valence electrons. The van der Waals surface area contributed by atoms with Crippen molar-refractivity contribution in [2.24, 2.45) is 0 Å². The van der Waals surface area contributed by atoms with Crippen molar-refractivity contribution in [2.45, 2.75) is 39.9 Å². The highest BCUT2D eigenvalue weighted by Gasteiger charge is 2.35. The van der Waals surface area contributed by atoms with Crippen molar-refractivity contribution < 1.29 is 37.0 Å². The average Bonchev–Trinajstić information content (AvgIpc) is 3.52. The van der Waals surface area contributed by atoms with Gasteiger partial charge in [-0.25, -0.2) is 14.4 Å². The van der Waals surface area contributed by atoms with Gasteiger partial charge in [0.1, 0.15) is 24.4 Å². The highest BCUT2D eigenvalue weighted by molar-refractivity contribution is 5.95. The van der Waals surface area contributed by atoms with Gasteiger partial charge >= 0.3 is 6.18 Å². The number of amides is 2. The first-order valence-electron chi connectivity index (χ1n) is 15.2. The number of halogens is 4. The smallest absolute Gasteiger partial charge is 0.419 e. The highest BCUT2D eigenvalue weighted by atomic mass is 19.4. The second-order valence-electron chi connectivity index (χ2n) is 11.6. The van der Waals surface area contributed by atoms with E-state index in [0.29, 0.717) is 31.4 Å². The Labute approximate surface area is 275 Å². The Morgan fingerprint density at radius 2 is 1.82 bits per heavy atom. The van der Waals surface area contributed by atoms with Gasteiger partial charge in [-0.05, 0) is 44.9 Å². The third-order valence-corrected chi connectivity index (χ3v) is 8.58. The number of aromatic hydroxyl groups is 1. The van der Waals surface area contributed by atoms with E-state index in [9.17, 15) is 37.1 Å². The SMILES string of the molecule is Cc1ncnc(C(=O)N2CCN(c3c(C)n(CC(=O)Nc4ccc(C(F)(F)F)c(F)c4C)c4nc(C5=CCOCC5)nn4c3=O)CC2)c1O. The van der Waals surface area contributed by atoms with E-state index in [4.69, 9.17) is 4.74 Å². The van der Waals surface area contributed by atoms with Gasteiger partial charge in [-0.3, -0.25) is 14.4 Å². The fraction of sp³-hybridized carbons (Fsp3) is 0.387. The number of nitrogens with zero attached hydrogens (tertiary/aromatic N) is 8. The van der Waals surface area contributed by atoms with E-state index in [0.717, 1.165) is 23.1 Å². The maximum atomic E-state index is 14.6. The fourth-order valence-corrected chi connectivity index (χ4v) is 5.85. The standard InChI is InChI=1S/C31H31F4N9O5/c1-16-21(5-4-20(23(16)32)31(33,34)35)38-22(45)14-43-18(3)25(29(48)44-30(43)39-27(40-44)19-6-12-49-13-7-19)41-8-10-42(11-9-41)28(47)24-26(46)17(2)36-15-37-24/h4-6,15,46H,7-14H2,1-3H3,(H,38,45). The summed E-state index contributed by atoms with van der Waals surface area (Å²) in [6.07, 6.45) is -1.43. The zero-order chi connectivity index (χ0) is 35.2. The molecule has 0 spiro atoms. The van der Waals surface area contributed by atoms with Crippen LogP contribution in [0.1, 0.15) is 45.2 Å². The molecular formula is C31H31F4N9O5. The van der Waals surface area contributed by atoms with Crippen LogP contribution in [0.5, 0.6) is 5.75 Å². The number of carbonyl (C=O) groups is 2. The van der Waals surface area contributed by atoms with Crippen molar-refractivity contribution in [3.63, 3.8) is 0 Å². The minimum Gasteiger partial charge on any atom is -0.504 e. The number of ether oxygens (including phenoxy) is 1. The second kappa shape index (κ2) is 12.9. The average molecular weight is 686 g/mol. The summed E-state index contributed by atoms with van der Waals surface area (Å²) < 4.78 is 62.2. The van der Waals surface area contributed by atoms with Crippen LogP contribution in [-0.4, -0.2) is 90.3 Å². The third kappa shape index (κ3) is 6.30. The molecule has 6 rings (SSSR count). The van der Waals surface area contributed by atoms with Crippen LogP contribution in [-0.2, 0) is 22.3 Å². The molecule has 1 aromatic carbocycles. The molecule has 2 N–H and O–H groups in total. The summed E-state index contributed by atoms with van der Waals surface area (Å²) in [6.45, 7) is 5.37. The summed E-state index contributed by atoms with van der Waals surface area (Å²) in [4.78, 5) is 56.1. The van der Waals surface area contributed by atoms with Crippen LogP contribution < -0.4 is 15.8 Å². The molecule has 14 nitrogen and oxygen atoms in total. The van der Waals surface area contributed by atoms with Gasteiger partial charge in [-0.2, -0.15) is 22.7 Å². The molecule has 1 saturated heterocycles. The molecule has 2 aliphatic heterocycles. The molecule has 0 saturated carbocycles. The van der Waals surface area contributed by atoms with E-state index in [-0.39, 0.29) is 71.9 Å². The number of hydrogen-bond donors (Lipinski definition) is 2. The Morgan fingerprint density at radius 1 is 1.08 bits per heavy atom. The van der Waals surface area contributed by atoms with Gasteiger partial charge in [-0.1, -0.05) is 6.08 Å². The molecule has 18 heteroatoms. The molecule has 5 heterocycles. The highest BCUT2D eigenvalue weighted by Crippen LogP contribution is 2.35. The Bertz CT molecular complexity index is 2070. The molecule has 0 unspecified atom stereocenters. The van der Waals surface area contributed by atoms with Gasteiger partial charge in [-0.15, -0.1) is 5.10 Å². The lowest BCUT2D eigenvalue weighted by Crippen LogP contribution is -2.51. The second-order valence-corrected chi connectivity index (χ2v) is 11.6. The van der Waals surface area contributed by atoms with Crippen molar-refractivity contribution >= 4 is 34.5 Å². The normalized spacial score (nSPS) is 15.4. The van der Waals surface area contributed by atoms with Crippen LogP contribution in [0.3, 0.4) is 0 Å². The zero-order valence-electron chi connectivity index (χ0n) is 26.6. The van der Waals surface area contributed by atoms with Crippen LogP contribution in [0, 0.1) is 26.6 Å². The van der Waals surface area contributed by atoms with Crippen LogP contribution in [0.2, 0.25) is 0 Å². The minimum absolute atomic E-state index is 0.0440. The predicted molar refractivity (Wildman–Crippen MR) is 167 cm³/mol. The Morgan fingerprint density at radius 3 is 2.49 bits per heavy atom. The van der Waals surface area contributed by atoms with Gasteiger partial charge in [0.25, 0.3) is 11.5 Å². The topological polar surface area (TPSA) is 160 Å². The van der Waals surface area contributed by atoms with E-state index >= 15 is 0 Å². The van der Waals surface area contributed by atoms with Crippen molar-refractivity contribution in [1.82, 2.24) is 34.0 Å². The maximum absolute atomic E-state index is 14.6. The van der Waals surface area contributed by atoms with Gasteiger partial charge in [0.2, 0.25) is 11.7 Å². The van der Waals surface area contributed by atoms with Crippen molar-refractivity contribution in [2.75, 3.05) is 49.6 Å². The monoisotopic (exact) mass is 685 g/mol. The summed E-state index contributed by atoms with van der Waals surface area (Å²) in [5, 5.41) is 17.3. The Balaban J connectivity index is 1.33. The lowest BCUT2D eigenvalue weighted by Gasteiger charge is -2.36. The van der Waals surface area contributed by atoms with Crippen LogP contribution >= 0.6 is 0 Å². The zero-order valence-corrected chi connectivity index (χ0v) is 26.6. The molecule has 2 aliphatic rings. The lowest BCUT2D eigenvalue weighted by atomic mass is 10.1. The lowest BCUT2D eigenvalue weighted by molar-refractivity contribution is -0.140. The van der Waals surface area contributed by atoms with Gasteiger partial charge < -0.3 is 29.5 Å². The Hall–Kier alpha value is -5.39. The summed E-state index contributed by atoms with van der Waals surface area (Å²) in [6, 6.07) is 1.54. The van der Waals surface area contributed by atoms with E-state index < -0.39 is 41.5 Å². The summed E-state index contributed by atoms with van der Waals surface area (Å²) >= 11 is 0. The quantitative estimate of drug-likeness (QED) is 0.289. The molecule has 49 heavy (non-hydrogen) atoms. The first-order valence-corrected chi connectivity index (χ1v) is 15.2. The van der Waals surface area contributed by atoms with Gasteiger partial charge in [0.15, 0.2) is 17.3 Å². The number of aromatic nitrogens is 6. The summed E-state index contributed by atoms with van der Waals surface area (Å²) in [5.74, 6) is -2.71. The molecule has 0 atom stereocenters. The van der Waals surface area contributed by atoms with Crippen LogP contribution in [0.15, 0.2) is 29.3 Å². The van der Waals surface area contributed by atoms with Gasteiger partial charge in [0.05, 0.1) is 24.5 Å². The molecular weight excluding hydrogens is 654 g/mol. The summed E-state index contributed by atoms with van der Waals surface area (Å²) in [7, 11) is 0. The molecule has 0 aliphatic carbocycles. The number of fused-ring (bicyclic) bond motifs is 1. The van der Waals surface area contributed by atoms with Crippen LogP contribution in [0.25, 0.3) is 11.4 Å². The largest absolute Gasteiger partial charge is 0.504 e. The number of aryl methyl sites for hydroxylation is 1. The summed E-state index contributed by atoms with van der Waals surface area (Å²) in [5.41, 5.74) is -1.09. The molecule has 2 amide bonds. The molecule has 0 bridgehead atoms. The number of rotatable bonds is 6. The van der Waals surface area contributed by atoms with Crippen molar-refractivity contribution in [3.8, 4) is 5.75 Å². The van der Waals surface area contributed by atoms with E-state index in [2.05, 4.69) is 25.4 Å². The third-order valence-electron chi connectivity index (χ3n) is 8.58. The van der Waals surface area contributed by atoms with E-state index in [1.165, 1.54) is 15.8 Å². The number of hydrogen-bond acceptors (Lipinski definition) is 10. The maximum Gasteiger partial charge on any atom is 0.419 e. The predicted octanol–water partition coefficient (Wildman–Crippen LogP) is 2.87. The van der Waals surface area contributed by atoms with E-state index in [1.807, 2.05) is 0 Å². The number of piperazine rings is 1. The number of nitrogens with one attached hydrogen (secondary N) is 1. The van der Waals surface area contributed by atoms with Crippen LogP contribution in [0.4, 0.5) is 28.9 Å². The van der Waals surface area contributed by atoms with E-state index in [1.54, 1.807) is 24.8 Å². The van der Waals surface area contributed by atoms with Gasteiger partial charge in [0, 0.05) is 43.1 Å². The molecule has 4 aromatic rings. The Kier molecular flexibility index (Phi) is 8.82. The number of anilines is 2. The number of benzene rings is 1. The molecule has 3 aromatic heterocycles. The molecule has 1 fully saturated rings.